The van der Waals surface area contributed by atoms with Crippen LogP contribution in [0.15, 0.2) is 0 Å². The Morgan fingerprint density at radius 2 is 1.54 bits per heavy atom. The van der Waals surface area contributed by atoms with Crippen LogP contribution >= 0.6 is 0 Å². The van der Waals surface area contributed by atoms with Crippen molar-refractivity contribution in [1.29, 1.82) is 0 Å². The summed E-state index contributed by atoms with van der Waals surface area (Å²) in [6, 6.07) is 0.203. The summed E-state index contributed by atoms with van der Waals surface area (Å²) in [7, 11) is 0. The molecule has 2 saturated heterocycles. The molecule has 2 N–H and O–H groups in total. The lowest BCUT2D eigenvalue weighted by molar-refractivity contribution is -0.142. The van der Waals surface area contributed by atoms with Crippen molar-refractivity contribution in [2.24, 2.45) is 23.5 Å². The van der Waals surface area contributed by atoms with Crippen LogP contribution < -0.4 is 5.73 Å². The van der Waals surface area contributed by atoms with E-state index in [1.807, 2.05) is 4.90 Å². The summed E-state index contributed by atoms with van der Waals surface area (Å²) in [4.78, 5) is 29.2. The van der Waals surface area contributed by atoms with Gasteiger partial charge in [-0.2, -0.15) is 0 Å². The first-order chi connectivity index (χ1) is 11.5. The van der Waals surface area contributed by atoms with E-state index in [4.69, 9.17) is 5.73 Å². The minimum Gasteiger partial charge on any atom is -0.343 e. The molecule has 0 aromatic heterocycles. The first-order valence-corrected chi connectivity index (χ1v) is 9.86. The molecule has 0 bridgehead atoms. The number of hydrogen-bond donors (Lipinski definition) is 1. The van der Waals surface area contributed by atoms with Crippen molar-refractivity contribution in [3.63, 3.8) is 0 Å². The summed E-state index contributed by atoms with van der Waals surface area (Å²) >= 11 is 0. The van der Waals surface area contributed by atoms with Gasteiger partial charge in [0.25, 0.3) is 0 Å². The Kier molecular flexibility index (Phi) is 5.80. The summed E-state index contributed by atoms with van der Waals surface area (Å²) in [5, 5.41) is 0. The van der Waals surface area contributed by atoms with Gasteiger partial charge in [0.05, 0.1) is 0 Å². The second-order valence-corrected chi connectivity index (χ2v) is 8.22. The zero-order valence-corrected chi connectivity index (χ0v) is 15.1. The molecule has 24 heavy (non-hydrogen) atoms. The molecule has 0 spiro atoms. The Hall–Kier alpha value is -1.10. The highest BCUT2D eigenvalue weighted by Crippen LogP contribution is 2.29. The van der Waals surface area contributed by atoms with Crippen LogP contribution in [0.2, 0.25) is 0 Å². The maximum atomic E-state index is 12.7. The zero-order valence-electron chi connectivity index (χ0n) is 15.1. The van der Waals surface area contributed by atoms with Crippen LogP contribution in [-0.2, 0) is 9.59 Å². The molecular weight excluding hydrogens is 302 g/mol. The molecule has 0 aromatic carbocycles. The van der Waals surface area contributed by atoms with Gasteiger partial charge in [-0.1, -0.05) is 13.3 Å². The van der Waals surface area contributed by atoms with Crippen molar-refractivity contribution in [3.05, 3.63) is 0 Å². The van der Waals surface area contributed by atoms with Gasteiger partial charge >= 0.3 is 0 Å². The van der Waals surface area contributed by atoms with Gasteiger partial charge in [0, 0.05) is 44.6 Å². The maximum Gasteiger partial charge on any atom is 0.225 e. The van der Waals surface area contributed by atoms with Crippen molar-refractivity contribution in [3.8, 4) is 0 Å². The van der Waals surface area contributed by atoms with E-state index in [9.17, 15) is 9.59 Å². The van der Waals surface area contributed by atoms with Gasteiger partial charge in [-0.05, 0) is 50.4 Å². The topological polar surface area (TPSA) is 66.6 Å². The monoisotopic (exact) mass is 335 g/mol. The molecule has 2 amide bonds. The standard InChI is InChI=1S/C19H33N3O2/c1-14-5-9-22(10-6-14)19(24)15-7-11-21(12-8-15)18(23)13-16-3-2-4-17(16)20/h14-17H,2-13,20H2,1H3/t16-,17+/m0/s1. The van der Waals surface area contributed by atoms with E-state index in [2.05, 4.69) is 11.8 Å². The number of rotatable bonds is 3. The third kappa shape index (κ3) is 4.11. The molecule has 2 heterocycles. The predicted molar refractivity (Wildman–Crippen MR) is 94.2 cm³/mol. The van der Waals surface area contributed by atoms with E-state index in [-0.39, 0.29) is 17.9 Å². The zero-order chi connectivity index (χ0) is 17.1. The number of amides is 2. The van der Waals surface area contributed by atoms with Crippen LogP contribution in [0.25, 0.3) is 0 Å². The van der Waals surface area contributed by atoms with Gasteiger partial charge in [0.2, 0.25) is 11.8 Å². The van der Waals surface area contributed by atoms with Crippen LogP contribution in [-0.4, -0.2) is 53.8 Å². The van der Waals surface area contributed by atoms with E-state index in [1.54, 1.807) is 0 Å². The lowest BCUT2D eigenvalue weighted by Crippen LogP contribution is -2.46. The van der Waals surface area contributed by atoms with Crippen LogP contribution in [0.3, 0.4) is 0 Å². The fourth-order valence-corrected chi connectivity index (χ4v) is 4.54. The average molecular weight is 335 g/mol. The van der Waals surface area contributed by atoms with E-state index in [1.165, 1.54) is 0 Å². The predicted octanol–water partition coefficient (Wildman–Crippen LogP) is 2.00. The fourth-order valence-electron chi connectivity index (χ4n) is 4.54. The Morgan fingerprint density at radius 3 is 2.12 bits per heavy atom. The van der Waals surface area contributed by atoms with Gasteiger partial charge in [-0.15, -0.1) is 0 Å². The van der Waals surface area contributed by atoms with Crippen LogP contribution in [0.4, 0.5) is 0 Å². The van der Waals surface area contributed by atoms with Gasteiger partial charge in [-0.3, -0.25) is 9.59 Å². The highest BCUT2D eigenvalue weighted by molar-refractivity contribution is 5.80. The number of likely N-dealkylation sites (tertiary alicyclic amines) is 2. The van der Waals surface area contributed by atoms with Gasteiger partial charge in [0.1, 0.15) is 0 Å². The largest absolute Gasteiger partial charge is 0.343 e. The lowest BCUT2D eigenvalue weighted by Gasteiger charge is -2.37. The van der Waals surface area contributed by atoms with Crippen molar-refractivity contribution >= 4 is 11.8 Å². The number of carbonyl (C=O) groups is 2. The molecule has 3 fully saturated rings. The minimum atomic E-state index is 0.121. The summed E-state index contributed by atoms with van der Waals surface area (Å²) < 4.78 is 0. The normalized spacial score (nSPS) is 29.9. The fraction of sp³-hybridized carbons (Fsp3) is 0.895. The molecule has 2 aliphatic heterocycles. The van der Waals surface area contributed by atoms with Crippen LogP contribution in [0.1, 0.15) is 58.3 Å². The summed E-state index contributed by atoms with van der Waals surface area (Å²) in [5.41, 5.74) is 6.09. The Bertz CT molecular complexity index is 452. The SMILES string of the molecule is CC1CCN(C(=O)C2CCN(C(=O)C[C@@H]3CCC[C@H]3N)CC2)CC1. The van der Waals surface area contributed by atoms with Crippen molar-refractivity contribution in [2.45, 2.75) is 64.3 Å². The molecule has 0 radical (unpaired) electrons. The molecule has 136 valence electrons. The Balaban J connectivity index is 1.43. The van der Waals surface area contributed by atoms with Gasteiger partial charge in [0.15, 0.2) is 0 Å². The van der Waals surface area contributed by atoms with Crippen LogP contribution in [0.5, 0.6) is 0 Å². The maximum absolute atomic E-state index is 12.7. The van der Waals surface area contributed by atoms with Crippen molar-refractivity contribution < 1.29 is 9.59 Å². The van der Waals surface area contributed by atoms with Gasteiger partial charge in [-0.25, -0.2) is 0 Å². The third-order valence-electron chi connectivity index (χ3n) is 6.45. The Morgan fingerprint density at radius 1 is 0.917 bits per heavy atom. The first-order valence-electron chi connectivity index (χ1n) is 9.86. The van der Waals surface area contributed by atoms with E-state index < -0.39 is 0 Å². The lowest BCUT2D eigenvalue weighted by atomic mass is 9.92. The summed E-state index contributed by atoms with van der Waals surface area (Å²) in [6.07, 6.45) is 7.82. The first kappa shape index (κ1) is 17.7. The molecule has 1 saturated carbocycles. The third-order valence-corrected chi connectivity index (χ3v) is 6.45. The summed E-state index contributed by atoms with van der Waals surface area (Å²) in [5.74, 6) is 1.81. The second-order valence-electron chi connectivity index (χ2n) is 8.22. The molecule has 5 heteroatoms. The smallest absolute Gasteiger partial charge is 0.225 e. The van der Waals surface area contributed by atoms with E-state index in [0.717, 1.165) is 77.0 Å². The molecule has 0 aromatic rings. The number of hydrogen-bond acceptors (Lipinski definition) is 3. The van der Waals surface area contributed by atoms with E-state index in [0.29, 0.717) is 18.2 Å². The summed E-state index contributed by atoms with van der Waals surface area (Å²) in [6.45, 7) is 5.57. The number of nitrogens with two attached hydrogens (primary N) is 1. The highest BCUT2D eigenvalue weighted by atomic mass is 16.2. The molecule has 3 rings (SSSR count). The molecule has 5 nitrogen and oxygen atoms in total. The van der Waals surface area contributed by atoms with E-state index >= 15 is 0 Å². The van der Waals surface area contributed by atoms with Gasteiger partial charge < -0.3 is 15.5 Å². The number of carbonyl (C=O) groups excluding carboxylic acids is 2. The highest BCUT2D eigenvalue weighted by Gasteiger charge is 2.33. The number of piperidine rings is 2. The quantitative estimate of drug-likeness (QED) is 0.858. The second kappa shape index (κ2) is 7.85. The Labute approximate surface area is 145 Å². The molecule has 0 unspecified atom stereocenters. The van der Waals surface area contributed by atoms with Crippen LogP contribution in [0, 0.1) is 17.8 Å². The molecular formula is C19H33N3O2. The average Bonchev–Trinajstić information content (AvgIpc) is 3.00. The molecule has 1 aliphatic carbocycles. The minimum absolute atomic E-state index is 0.121. The van der Waals surface area contributed by atoms with Crippen molar-refractivity contribution in [2.75, 3.05) is 26.2 Å². The number of nitrogens with zero attached hydrogens (tertiary/aromatic N) is 2. The van der Waals surface area contributed by atoms with Crippen molar-refractivity contribution in [1.82, 2.24) is 9.80 Å². The molecule has 2 atom stereocenters. The molecule has 3 aliphatic rings.